The summed E-state index contributed by atoms with van der Waals surface area (Å²) in [6, 6.07) is 10.8. The summed E-state index contributed by atoms with van der Waals surface area (Å²) in [4.78, 5) is 4.60. The molecule has 0 aliphatic heterocycles. The first-order chi connectivity index (χ1) is 10.1. The molecule has 0 saturated carbocycles. The van der Waals surface area contributed by atoms with E-state index in [9.17, 15) is 4.39 Å². The van der Waals surface area contributed by atoms with E-state index in [1.807, 2.05) is 29.7 Å². The zero-order chi connectivity index (χ0) is 15.0. The van der Waals surface area contributed by atoms with Crippen LogP contribution in [0.15, 0.2) is 36.4 Å². The Balaban J connectivity index is 2.29. The number of hydrogen-bond donors (Lipinski definition) is 0. The van der Waals surface area contributed by atoms with Crippen molar-refractivity contribution < 1.29 is 4.39 Å². The van der Waals surface area contributed by atoms with Crippen LogP contribution < -0.4 is 0 Å². The maximum Gasteiger partial charge on any atom is 0.143 e. The summed E-state index contributed by atoms with van der Waals surface area (Å²) in [6.45, 7) is 2.01. The molecular formula is C16H13Cl2FN2. The van der Waals surface area contributed by atoms with Crippen LogP contribution >= 0.6 is 23.2 Å². The molecule has 1 aromatic heterocycles. The average Bonchev–Trinajstić information content (AvgIpc) is 2.80. The quantitative estimate of drug-likeness (QED) is 0.626. The molecule has 0 aliphatic rings. The van der Waals surface area contributed by atoms with Gasteiger partial charge in [-0.05, 0) is 42.8 Å². The maximum atomic E-state index is 13.8. The highest BCUT2D eigenvalue weighted by Gasteiger charge is 2.13. The number of fused-ring (bicyclic) bond motifs is 1. The summed E-state index contributed by atoms with van der Waals surface area (Å²) in [6.07, 6.45) is 0.611. The van der Waals surface area contributed by atoms with Gasteiger partial charge in [0.1, 0.15) is 11.6 Å². The number of nitrogens with zero attached hydrogens (tertiary/aromatic N) is 2. The van der Waals surface area contributed by atoms with Gasteiger partial charge in [0.25, 0.3) is 0 Å². The molecule has 21 heavy (non-hydrogen) atoms. The molecule has 1 heterocycles. The van der Waals surface area contributed by atoms with Gasteiger partial charge in [-0.25, -0.2) is 9.37 Å². The predicted molar refractivity (Wildman–Crippen MR) is 85.2 cm³/mol. The van der Waals surface area contributed by atoms with Gasteiger partial charge in [-0.1, -0.05) is 17.7 Å². The van der Waals surface area contributed by atoms with Crippen LogP contribution in [0.3, 0.4) is 0 Å². The Hall–Kier alpha value is -1.58. The van der Waals surface area contributed by atoms with E-state index < -0.39 is 5.82 Å². The van der Waals surface area contributed by atoms with Gasteiger partial charge >= 0.3 is 0 Å². The van der Waals surface area contributed by atoms with Gasteiger partial charge in [-0.15, -0.1) is 11.6 Å². The zero-order valence-corrected chi connectivity index (χ0v) is 12.9. The lowest BCUT2D eigenvalue weighted by atomic mass is 10.2. The zero-order valence-electron chi connectivity index (χ0n) is 11.4. The minimum atomic E-state index is -0.444. The molecule has 108 valence electrons. The van der Waals surface area contributed by atoms with Crippen LogP contribution in [0.25, 0.3) is 16.7 Å². The molecule has 0 saturated heterocycles. The van der Waals surface area contributed by atoms with Crippen LogP contribution in [-0.2, 0) is 6.42 Å². The number of aryl methyl sites for hydroxylation is 2. The van der Waals surface area contributed by atoms with Gasteiger partial charge in [0, 0.05) is 12.3 Å². The van der Waals surface area contributed by atoms with Crippen LogP contribution in [0.4, 0.5) is 4.39 Å². The summed E-state index contributed by atoms with van der Waals surface area (Å²) >= 11 is 11.6. The normalized spacial score (nSPS) is 11.2. The van der Waals surface area contributed by atoms with Gasteiger partial charge in [0.2, 0.25) is 0 Å². The Morgan fingerprint density at radius 3 is 2.71 bits per heavy atom. The summed E-state index contributed by atoms with van der Waals surface area (Å²) in [7, 11) is 0. The van der Waals surface area contributed by atoms with Crippen molar-refractivity contribution in [1.82, 2.24) is 9.55 Å². The summed E-state index contributed by atoms with van der Waals surface area (Å²) < 4.78 is 15.7. The molecule has 0 aliphatic carbocycles. The molecule has 3 aromatic rings. The molecule has 2 aromatic carbocycles. The van der Waals surface area contributed by atoms with Gasteiger partial charge in [-0.2, -0.15) is 0 Å². The van der Waals surface area contributed by atoms with Crippen molar-refractivity contribution in [3.63, 3.8) is 0 Å². The van der Waals surface area contributed by atoms with Gasteiger partial charge in [-0.3, -0.25) is 4.57 Å². The number of aromatic nitrogens is 2. The smallest absolute Gasteiger partial charge is 0.143 e. The van der Waals surface area contributed by atoms with E-state index in [4.69, 9.17) is 23.2 Å². The molecule has 0 amide bonds. The summed E-state index contributed by atoms with van der Waals surface area (Å²) in [5.74, 6) is 0.825. The number of imidazole rings is 1. The van der Waals surface area contributed by atoms with Crippen molar-refractivity contribution >= 4 is 34.2 Å². The van der Waals surface area contributed by atoms with Crippen LogP contribution in [0.2, 0.25) is 5.02 Å². The molecule has 0 fully saturated rings. The van der Waals surface area contributed by atoms with Gasteiger partial charge in [0.05, 0.1) is 21.7 Å². The number of alkyl halides is 1. The minimum Gasteiger partial charge on any atom is -0.296 e. The molecule has 0 N–H and O–H groups in total. The van der Waals surface area contributed by atoms with Crippen LogP contribution in [-0.4, -0.2) is 15.4 Å². The van der Waals surface area contributed by atoms with E-state index in [-0.39, 0.29) is 5.02 Å². The molecule has 0 spiro atoms. The molecule has 0 unspecified atom stereocenters. The van der Waals surface area contributed by atoms with Crippen molar-refractivity contribution in [2.75, 3.05) is 5.88 Å². The Kier molecular flexibility index (Phi) is 3.87. The fraction of sp³-hybridized carbons (Fsp3) is 0.188. The van der Waals surface area contributed by atoms with E-state index >= 15 is 0 Å². The second-order valence-electron chi connectivity index (χ2n) is 4.89. The van der Waals surface area contributed by atoms with Crippen LogP contribution in [0.5, 0.6) is 0 Å². The molecule has 2 nitrogen and oxygen atoms in total. The third-order valence-corrected chi connectivity index (χ3v) is 3.85. The standard InChI is InChI=1S/C16H13Cl2FN2/c1-10-2-5-14-15(8-10)21(16(20-14)6-7-17)11-3-4-12(18)13(19)9-11/h2-5,8-9H,6-7H2,1H3. The lowest BCUT2D eigenvalue weighted by Crippen LogP contribution is -2.02. The fourth-order valence-electron chi connectivity index (χ4n) is 2.40. The lowest BCUT2D eigenvalue weighted by molar-refractivity contribution is 0.627. The van der Waals surface area contributed by atoms with Crippen molar-refractivity contribution in [2.45, 2.75) is 13.3 Å². The number of hydrogen-bond acceptors (Lipinski definition) is 1. The first-order valence-corrected chi connectivity index (χ1v) is 7.51. The van der Waals surface area contributed by atoms with Crippen molar-refractivity contribution in [1.29, 1.82) is 0 Å². The van der Waals surface area contributed by atoms with Crippen LogP contribution in [0, 0.1) is 12.7 Å². The fourth-order valence-corrected chi connectivity index (χ4v) is 2.69. The molecule has 3 rings (SSSR count). The first kappa shape index (κ1) is 14.4. The minimum absolute atomic E-state index is 0.109. The first-order valence-electron chi connectivity index (χ1n) is 6.59. The summed E-state index contributed by atoms with van der Waals surface area (Å²) in [5, 5.41) is 0.109. The largest absolute Gasteiger partial charge is 0.296 e. The highest BCUT2D eigenvalue weighted by molar-refractivity contribution is 6.30. The molecule has 0 atom stereocenters. The molecule has 0 radical (unpaired) electrons. The summed E-state index contributed by atoms with van der Waals surface area (Å²) in [5.41, 5.74) is 3.63. The monoisotopic (exact) mass is 322 g/mol. The van der Waals surface area contributed by atoms with Crippen molar-refractivity contribution in [2.24, 2.45) is 0 Å². The van der Waals surface area contributed by atoms with Crippen molar-refractivity contribution in [3.05, 3.63) is 58.6 Å². The third kappa shape index (κ3) is 2.63. The Bertz CT molecular complexity index is 811. The topological polar surface area (TPSA) is 17.8 Å². The van der Waals surface area contributed by atoms with E-state index in [0.717, 1.165) is 22.4 Å². The average molecular weight is 323 g/mol. The van der Waals surface area contributed by atoms with E-state index in [1.54, 1.807) is 12.1 Å². The van der Waals surface area contributed by atoms with Gasteiger partial charge in [0.15, 0.2) is 0 Å². The van der Waals surface area contributed by atoms with Gasteiger partial charge < -0.3 is 0 Å². The Labute approximate surface area is 132 Å². The molecule has 0 bridgehead atoms. The van der Waals surface area contributed by atoms with Crippen LogP contribution in [0.1, 0.15) is 11.4 Å². The molecular weight excluding hydrogens is 310 g/mol. The maximum absolute atomic E-state index is 13.8. The van der Waals surface area contributed by atoms with E-state index in [2.05, 4.69) is 4.98 Å². The Morgan fingerprint density at radius 2 is 2.00 bits per heavy atom. The number of halogens is 3. The van der Waals surface area contributed by atoms with Crippen molar-refractivity contribution in [3.8, 4) is 5.69 Å². The SMILES string of the molecule is Cc1ccc2nc(CCCl)n(-c3ccc(Cl)c(F)c3)c2c1. The highest BCUT2D eigenvalue weighted by Crippen LogP contribution is 2.25. The second kappa shape index (κ2) is 5.66. The van der Waals surface area contributed by atoms with E-state index in [1.165, 1.54) is 6.07 Å². The lowest BCUT2D eigenvalue weighted by Gasteiger charge is -2.09. The number of rotatable bonds is 3. The third-order valence-electron chi connectivity index (χ3n) is 3.36. The van der Waals surface area contributed by atoms with E-state index in [0.29, 0.717) is 18.0 Å². The highest BCUT2D eigenvalue weighted by atomic mass is 35.5. The number of benzene rings is 2. The Morgan fingerprint density at radius 1 is 1.19 bits per heavy atom. The predicted octanol–water partition coefficient (Wildman–Crippen LogP) is 4.91. The molecule has 5 heteroatoms. The second-order valence-corrected chi connectivity index (χ2v) is 5.68.